The number of carbonyl (C=O) groups is 1. The molecule has 2 fully saturated rings. The predicted octanol–water partition coefficient (Wildman–Crippen LogP) is 3.40. The van der Waals surface area contributed by atoms with Gasteiger partial charge in [0.25, 0.3) is 0 Å². The number of rotatable bonds is 4. The van der Waals surface area contributed by atoms with Crippen molar-refractivity contribution in [2.45, 2.75) is 44.9 Å². The third kappa shape index (κ3) is 3.45. The number of hydrogen-bond donors (Lipinski definition) is 1. The Morgan fingerprint density at radius 2 is 1.96 bits per heavy atom. The van der Waals surface area contributed by atoms with Crippen LogP contribution >= 0.6 is 0 Å². The van der Waals surface area contributed by atoms with Crippen LogP contribution in [-0.2, 0) is 4.79 Å². The predicted molar refractivity (Wildman–Crippen MR) is 94.0 cm³/mol. The van der Waals surface area contributed by atoms with Gasteiger partial charge in [-0.2, -0.15) is 0 Å². The molecule has 1 aromatic carbocycles. The molecule has 2 aliphatic rings. The van der Waals surface area contributed by atoms with Gasteiger partial charge in [-0.25, -0.2) is 0 Å². The van der Waals surface area contributed by atoms with Crippen LogP contribution < -0.4 is 5.73 Å². The van der Waals surface area contributed by atoms with E-state index in [-0.39, 0.29) is 5.92 Å². The van der Waals surface area contributed by atoms with E-state index in [4.69, 9.17) is 5.73 Å². The lowest BCUT2D eigenvalue weighted by molar-refractivity contribution is -0.138. The molecule has 0 bridgehead atoms. The molecule has 3 heteroatoms. The van der Waals surface area contributed by atoms with Crippen LogP contribution in [0.5, 0.6) is 0 Å². The van der Waals surface area contributed by atoms with E-state index in [0.29, 0.717) is 30.2 Å². The monoisotopic (exact) mass is 314 g/mol. The molecule has 1 saturated carbocycles. The lowest BCUT2D eigenvalue weighted by atomic mass is 9.78. The van der Waals surface area contributed by atoms with Crippen LogP contribution in [0.1, 0.15) is 50.5 Å². The normalized spacial score (nSPS) is 31.3. The second-order valence-electron chi connectivity index (χ2n) is 7.29. The van der Waals surface area contributed by atoms with E-state index in [1.165, 1.54) is 5.56 Å². The molecule has 1 aliphatic carbocycles. The smallest absolute Gasteiger partial charge is 0.226 e. The first-order chi connectivity index (χ1) is 11.2. The summed E-state index contributed by atoms with van der Waals surface area (Å²) in [5.74, 6) is 2.15. The number of hydrogen-bond acceptors (Lipinski definition) is 2. The standard InChI is InChI=1S/C20H30N2O/c1-2-15-14-22(20(23)19-10-6-9-17(19)13-21)12-11-18(15)16-7-4-3-5-8-16/h3-5,7-8,15,17-19H,2,6,9-14,21H2,1H3/t15?,17-,18?,19-/m1/s1. The van der Waals surface area contributed by atoms with Gasteiger partial charge in [-0.3, -0.25) is 4.79 Å². The minimum absolute atomic E-state index is 0.186. The van der Waals surface area contributed by atoms with Gasteiger partial charge in [-0.05, 0) is 49.1 Å². The fraction of sp³-hybridized carbons (Fsp3) is 0.650. The SMILES string of the molecule is CCC1CN(C(=O)[C@@H]2CCC[C@@H]2CN)CCC1c1ccccc1. The summed E-state index contributed by atoms with van der Waals surface area (Å²) in [5.41, 5.74) is 7.31. The molecule has 1 heterocycles. The van der Waals surface area contributed by atoms with Crippen molar-refractivity contribution < 1.29 is 4.79 Å². The fourth-order valence-corrected chi connectivity index (χ4v) is 4.66. The van der Waals surface area contributed by atoms with Crippen LogP contribution in [0, 0.1) is 17.8 Å². The first-order valence-electron chi connectivity index (χ1n) is 9.28. The first-order valence-corrected chi connectivity index (χ1v) is 9.28. The Bertz CT molecular complexity index is 516. The molecule has 0 radical (unpaired) electrons. The number of nitrogens with zero attached hydrogens (tertiary/aromatic N) is 1. The molecule has 2 unspecified atom stereocenters. The molecule has 0 spiro atoms. The van der Waals surface area contributed by atoms with Crippen LogP contribution in [-0.4, -0.2) is 30.4 Å². The summed E-state index contributed by atoms with van der Waals surface area (Å²) in [7, 11) is 0. The number of piperidine rings is 1. The van der Waals surface area contributed by atoms with Gasteiger partial charge in [0.15, 0.2) is 0 Å². The minimum atomic E-state index is 0.186. The molecule has 1 aromatic rings. The third-order valence-corrected chi connectivity index (χ3v) is 6.08. The quantitative estimate of drug-likeness (QED) is 0.926. The Hall–Kier alpha value is -1.35. The van der Waals surface area contributed by atoms with Crippen molar-refractivity contribution in [1.29, 1.82) is 0 Å². The highest BCUT2D eigenvalue weighted by atomic mass is 16.2. The lowest BCUT2D eigenvalue weighted by Gasteiger charge is -2.40. The topological polar surface area (TPSA) is 46.3 Å². The van der Waals surface area contributed by atoms with Crippen molar-refractivity contribution in [3.05, 3.63) is 35.9 Å². The number of nitrogens with two attached hydrogens (primary N) is 1. The summed E-state index contributed by atoms with van der Waals surface area (Å²) in [6.07, 6.45) is 5.55. The molecule has 2 N–H and O–H groups in total. The Balaban J connectivity index is 1.67. The molecule has 0 aromatic heterocycles. The molecule has 1 amide bonds. The van der Waals surface area contributed by atoms with Gasteiger partial charge >= 0.3 is 0 Å². The highest BCUT2D eigenvalue weighted by molar-refractivity contribution is 5.79. The summed E-state index contributed by atoms with van der Waals surface area (Å²) >= 11 is 0. The van der Waals surface area contributed by atoms with Gasteiger partial charge in [0.05, 0.1) is 0 Å². The molecule has 3 nitrogen and oxygen atoms in total. The Morgan fingerprint density at radius 1 is 1.17 bits per heavy atom. The van der Waals surface area contributed by atoms with Crippen LogP contribution in [0.3, 0.4) is 0 Å². The van der Waals surface area contributed by atoms with Gasteiger partial charge in [0, 0.05) is 19.0 Å². The van der Waals surface area contributed by atoms with Crippen molar-refractivity contribution in [2.75, 3.05) is 19.6 Å². The average Bonchev–Trinajstić information content (AvgIpc) is 3.10. The van der Waals surface area contributed by atoms with Crippen LogP contribution in [0.2, 0.25) is 0 Å². The maximum atomic E-state index is 12.9. The van der Waals surface area contributed by atoms with Crippen molar-refractivity contribution >= 4 is 5.91 Å². The second-order valence-corrected chi connectivity index (χ2v) is 7.29. The highest BCUT2D eigenvalue weighted by Crippen LogP contribution is 2.38. The van der Waals surface area contributed by atoms with Gasteiger partial charge in [-0.15, -0.1) is 0 Å². The third-order valence-electron chi connectivity index (χ3n) is 6.08. The lowest BCUT2D eigenvalue weighted by Crippen LogP contribution is -2.46. The molecule has 1 aliphatic heterocycles. The first kappa shape index (κ1) is 16.5. The van der Waals surface area contributed by atoms with Crippen LogP contribution in [0.25, 0.3) is 0 Å². The largest absolute Gasteiger partial charge is 0.342 e. The average molecular weight is 314 g/mol. The van der Waals surface area contributed by atoms with E-state index in [0.717, 1.165) is 45.2 Å². The second kappa shape index (κ2) is 7.48. The van der Waals surface area contributed by atoms with E-state index >= 15 is 0 Å². The zero-order valence-corrected chi connectivity index (χ0v) is 14.3. The molecule has 3 rings (SSSR count). The Morgan fingerprint density at radius 3 is 2.65 bits per heavy atom. The zero-order valence-electron chi connectivity index (χ0n) is 14.3. The molecule has 1 saturated heterocycles. The highest BCUT2D eigenvalue weighted by Gasteiger charge is 2.38. The van der Waals surface area contributed by atoms with Crippen molar-refractivity contribution in [2.24, 2.45) is 23.5 Å². The molecular weight excluding hydrogens is 284 g/mol. The van der Waals surface area contributed by atoms with E-state index in [2.05, 4.69) is 42.2 Å². The Labute approximate surface area is 140 Å². The maximum absolute atomic E-state index is 12.9. The summed E-state index contributed by atoms with van der Waals surface area (Å²) in [5, 5.41) is 0. The van der Waals surface area contributed by atoms with Crippen molar-refractivity contribution in [1.82, 2.24) is 4.90 Å². The Kier molecular flexibility index (Phi) is 5.37. The van der Waals surface area contributed by atoms with Crippen LogP contribution in [0.15, 0.2) is 30.3 Å². The summed E-state index contributed by atoms with van der Waals surface area (Å²) < 4.78 is 0. The number of benzene rings is 1. The number of likely N-dealkylation sites (tertiary alicyclic amines) is 1. The van der Waals surface area contributed by atoms with Gasteiger partial charge in [-0.1, -0.05) is 50.1 Å². The van der Waals surface area contributed by atoms with Crippen molar-refractivity contribution in [3.8, 4) is 0 Å². The van der Waals surface area contributed by atoms with E-state index in [1.807, 2.05) is 0 Å². The summed E-state index contributed by atoms with van der Waals surface area (Å²) in [4.78, 5) is 15.1. The minimum Gasteiger partial charge on any atom is -0.342 e. The van der Waals surface area contributed by atoms with Gasteiger partial charge in [0.2, 0.25) is 5.91 Å². The van der Waals surface area contributed by atoms with Gasteiger partial charge in [0.1, 0.15) is 0 Å². The molecule has 23 heavy (non-hydrogen) atoms. The number of carbonyl (C=O) groups excluding carboxylic acids is 1. The van der Waals surface area contributed by atoms with Gasteiger partial charge < -0.3 is 10.6 Å². The van der Waals surface area contributed by atoms with E-state index in [1.54, 1.807) is 0 Å². The zero-order chi connectivity index (χ0) is 16.2. The maximum Gasteiger partial charge on any atom is 0.226 e. The molecular formula is C20H30N2O. The van der Waals surface area contributed by atoms with E-state index < -0.39 is 0 Å². The molecule has 126 valence electrons. The van der Waals surface area contributed by atoms with E-state index in [9.17, 15) is 4.79 Å². The summed E-state index contributed by atoms with van der Waals surface area (Å²) in [6, 6.07) is 10.8. The number of amides is 1. The van der Waals surface area contributed by atoms with Crippen LogP contribution in [0.4, 0.5) is 0 Å². The molecule has 4 atom stereocenters. The fourth-order valence-electron chi connectivity index (χ4n) is 4.66. The summed E-state index contributed by atoms with van der Waals surface area (Å²) in [6.45, 7) is 4.74. The van der Waals surface area contributed by atoms with Crippen molar-refractivity contribution in [3.63, 3.8) is 0 Å².